The number of ketones is 1. The van der Waals surface area contributed by atoms with Crippen LogP contribution in [0.2, 0.25) is 5.02 Å². The monoisotopic (exact) mass is 377 g/mol. The highest BCUT2D eigenvalue weighted by Crippen LogP contribution is 2.31. The molecular formula is C22H16ClNO3. The van der Waals surface area contributed by atoms with Gasteiger partial charge in [0.15, 0.2) is 5.78 Å². The number of anilines is 1. The van der Waals surface area contributed by atoms with Crippen molar-refractivity contribution >= 4 is 35.1 Å². The molecule has 0 heterocycles. The molecule has 4 nitrogen and oxygen atoms in total. The van der Waals surface area contributed by atoms with E-state index in [1.54, 1.807) is 48.5 Å². The van der Waals surface area contributed by atoms with Gasteiger partial charge in [0, 0.05) is 21.8 Å². The molecular weight excluding hydrogens is 362 g/mol. The maximum atomic E-state index is 12.7. The predicted octanol–water partition coefficient (Wildman–Crippen LogP) is 5.18. The van der Waals surface area contributed by atoms with Crippen LogP contribution in [0.4, 0.5) is 5.69 Å². The minimum absolute atomic E-state index is 0.194. The predicted molar refractivity (Wildman–Crippen MR) is 108 cm³/mol. The van der Waals surface area contributed by atoms with Crippen molar-refractivity contribution in [3.05, 3.63) is 94.5 Å². The molecule has 5 heteroatoms. The van der Waals surface area contributed by atoms with Crippen molar-refractivity contribution in [1.82, 2.24) is 0 Å². The van der Waals surface area contributed by atoms with Crippen LogP contribution in [0.15, 0.2) is 72.8 Å². The number of carboxylic acids is 1. The van der Waals surface area contributed by atoms with Gasteiger partial charge in [-0.1, -0.05) is 54.1 Å². The first-order valence-corrected chi connectivity index (χ1v) is 8.53. The molecule has 0 radical (unpaired) electrons. The summed E-state index contributed by atoms with van der Waals surface area (Å²) < 4.78 is 0. The number of carbonyl (C=O) groups excluding carboxylic acids is 1. The lowest BCUT2D eigenvalue weighted by Crippen LogP contribution is -2.01. The maximum absolute atomic E-state index is 12.7. The van der Waals surface area contributed by atoms with E-state index in [0.717, 1.165) is 11.1 Å². The van der Waals surface area contributed by atoms with E-state index in [0.29, 0.717) is 21.8 Å². The molecule has 3 aromatic rings. The third-order valence-corrected chi connectivity index (χ3v) is 4.33. The Balaban J connectivity index is 1.92. The van der Waals surface area contributed by atoms with E-state index >= 15 is 0 Å². The van der Waals surface area contributed by atoms with Gasteiger partial charge in [0.05, 0.1) is 5.56 Å². The van der Waals surface area contributed by atoms with Crippen molar-refractivity contribution in [2.24, 2.45) is 0 Å². The highest BCUT2D eigenvalue weighted by atomic mass is 35.5. The second-order valence-electron chi connectivity index (χ2n) is 5.90. The van der Waals surface area contributed by atoms with Gasteiger partial charge < -0.3 is 10.8 Å². The van der Waals surface area contributed by atoms with Crippen LogP contribution < -0.4 is 5.73 Å². The van der Waals surface area contributed by atoms with Crippen molar-refractivity contribution in [1.29, 1.82) is 0 Å². The second-order valence-corrected chi connectivity index (χ2v) is 6.34. The minimum Gasteiger partial charge on any atom is -0.478 e. The average molecular weight is 378 g/mol. The number of nitrogen functional groups attached to an aromatic ring is 1. The van der Waals surface area contributed by atoms with Gasteiger partial charge >= 0.3 is 5.97 Å². The SMILES string of the molecule is Nc1cccc(C(=O)/C=C/c2ccc(C(=O)O)cc2)c1-c1ccc(Cl)cc1. The molecule has 134 valence electrons. The Bertz CT molecular complexity index is 1020. The average Bonchev–Trinajstić information content (AvgIpc) is 2.67. The van der Waals surface area contributed by atoms with Crippen LogP contribution in [-0.4, -0.2) is 16.9 Å². The van der Waals surface area contributed by atoms with Crippen molar-refractivity contribution < 1.29 is 14.7 Å². The number of halogens is 1. The standard InChI is InChI=1S/C22H16ClNO3/c23-17-11-9-15(10-12-17)21-18(2-1-3-19(21)24)20(25)13-6-14-4-7-16(8-5-14)22(26)27/h1-13H,24H2,(H,26,27)/b13-6+. The molecule has 27 heavy (non-hydrogen) atoms. The van der Waals surface area contributed by atoms with Crippen LogP contribution >= 0.6 is 11.6 Å². The van der Waals surface area contributed by atoms with E-state index in [1.165, 1.54) is 18.2 Å². The zero-order valence-electron chi connectivity index (χ0n) is 14.2. The van der Waals surface area contributed by atoms with Gasteiger partial charge in [-0.3, -0.25) is 4.79 Å². The number of rotatable bonds is 5. The van der Waals surface area contributed by atoms with E-state index in [-0.39, 0.29) is 11.3 Å². The number of carboxylic acid groups (broad SMARTS) is 1. The molecule has 3 aromatic carbocycles. The van der Waals surface area contributed by atoms with Gasteiger partial charge in [-0.25, -0.2) is 4.79 Å². The topological polar surface area (TPSA) is 80.4 Å². The van der Waals surface area contributed by atoms with Gasteiger partial charge in [-0.2, -0.15) is 0 Å². The van der Waals surface area contributed by atoms with Gasteiger partial charge in [-0.05, 0) is 47.5 Å². The van der Waals surface area contributed by atoms with Crippen molar-refractivity contribution in [3.63, 3.8) is 0 Å². The summed E-state index contributed by atoms with van der Waals surface area (Å²) >= 11 is 5.94. The second kappa shape index (κ2) is 7.89. The molecule has 0 saturated carbocycles. The normalized spacial score (nSPS) is 10.9. The van der Waals surface area contributed by atoms with E-state index in [2.05, 4.69) is 0 Å². The lowest BCUT2D eigenvalue weighted by Gasteiger charge is -2.11. The van der Waals surface area contributed by atoms with Crippen LogP contribution in [0.25, 0.3) is 17.2 Å². The summed E-state index contributed by atoms with van der Waals surface area (Å²) in [6.07, 6.45) is 3.09. The van der Waals surface area contributed by atoms with Crippen molar-refractivity contribution in [2.45, 2.75) is 0 Å². The Morgan fingerprint density at radius 2 is 1.59 bits per heavy atom. The molecule has 0 spiro atoms. The van der Waals surface area contributed by atoms with Gasteiger partial charge in [0.1, 0.15) is 0 Å². The van der Waals surface area contributed by atoms with Crippen molar-refractivity contribution in [2.75, 3.05) is 5.73 Å². The first kappa shape index (κ1) is 18.4. The molecule has 0 unspecified atom stereocenters. The summed E-state index contributed by atoms with van der Waals surface area (Å²) in [6.45, 7) is 0. The highest BCUT2D eigenvalue weighted by molar-refractivity contribution is 6.30. The summed E-state index contributed by atoms with van der Waals surface area (Å²) in [5.74, 6) is -1.19. The van der Waals surface area contributed by atoms with Gasteiger partial charge in [0.25, 0.3) is 0 Å². The zero-order chi connectivity index (χ0) is 19.4. The Labute approximate surface area is 161 Å². The fraction of sp³-hybridized carbons (Fsp3) is 0. The molecule has 0 atom stereocenters. The number of benzene rings is 3. The lowest BCUT2D eigenvalue weighted by atomic mass is 9.95. The largest absolute Gasteiger partial charge is 0.478 e. The van der Waals surface area contributed by atoms with Crippen LogP contribution in [-0.2, 0) is 0 Å². The number of aromatic carboxylic acids is 1. The van der Waals surface area contributed by atoms with E-state index < -0.39 is 5.97 Å². The first-order chi connectivity index (χ1) is 13.0. The molecule has 0 amide bonds. The number of carbonyl (C=O) groups is 2. The molecule has 0 bridgehead atoms. The third kappa shape index (κ3) is 4.25. The maximum Gasteiger partial charge on any atom is 0.335 e. The molecule has 0 aromatic heterocycles. The fourth-order valence-electron chi connectivity index (χ4n) is 2.71. The van der Waals surface area contributed by atoms with Crippen LogP contribution in [0.3, 0.4) is 0 Å². The third-order valence-electron chi connectivity index (χ3n) is 4.08. The summed E-state index contributed by atoms with van der Waals surface area (Å²) in [5, 5.41) is 9.53. The van der Waals surface area contributed by atoms with E-state index in [1.807, 2.05) is 12.1 Å². The van der Waals surface area contributed by atoms with E-state index in [4.69, 9.17) is 22.4 Å². The molecule has 0 fully saturated rings. The van der Waals surface area contributed by atoms with Crippen LogP contribution in [0.5, 0.6) is 0 Å². The Morgan fingerprint density at radius 3 is 2.22 bits per heavy atom. The molecule has 3 N–H and O–H groups in total. The number of hydrogen-bond donors (Lipinski definition) is 2. The Kier molecular flexibility index (Phi) is 5.38. The molecule has 0 aliphatic carbocycles. The number of hydrogen-bond acceptors (Lipinski definition) is 3. The van der Waals surface area contributed by atoms with Crippen LogP contribution in [0, 0.1) is 0 Å². The van der Waals surface area contributed by atoms with Crippen LogP contribution in [0.1, 0.15) is 26.3 Å². The summed E-state index contributed by atoms with van der Waals surface area (Å²) in [6, 6.07) is 18.6. The first-order valence-electron chi connectivity index (χ1n) is 8.16. The fourth-order valence-corrected chi connectivity index (χ4v) is 2.84. The summed E-state index contributed by atoms with van der Waals surface area (Å²) in [5.41, 5.74) is 9.48. The van der Waals surface area contributed by atoms with E-state index in [9.17, 15) is 9.59 Å². The summed E-state index contributed by atoms with van der Waals surface area (Å²) in [7, 11) is 0. The summed E-state index contributed by atoms with van der Waals surface area (Å²) in [4.78, 5) is 23.6. The molecule has 0 aliphatic rings. The zero-order valence-corrected chi connectivity index (χ0v) is 15.0. The minimum atomic E-state index is -0.992. The number of allylic oxidation sites excluding steroid dienone is 1. The number of nitrogens with two attached hydrogens (primary N) is 1. The van der Waals surface area contributed by atoms with Gasteiger partial charge in [0.2, 0.25) is 0 Å². The molecule has 0 aliphatic heterocycles. The Morgan fingerprint density at radius 1 is 0.926 bits per heavy atom. The van der Waals surface area contributed by atoms with Gasteiger partial charge in [-0.15, -0.1) is 0 Å². The molecule has 0 saturated heterocycles. The van der Waals surface area contributed by atoms with Crippen molar-refractivity contribution in [3.8, 4) is 11.1 Å². The Hall–Kier alpha value is -3.37. The lowest BCUT2D eigenvalue weighted by molar-refractivity contribution is 0.0696. The molecule has 3 rings (SSSR count). The quantitative estimate of drug-likeness (QED) is 0.364. The smallest absolute Gasteiger partial charge is 0.335 e. The highest BCUT2D eigenvalue weighted by Gasteiger charge is 2.13.